The zero-order valence-electron chi connectivity index (χ0n) is 13.3. The molecule has 26 heavy (non-hydrogen) atoms. The molecule has 0 saturated heterocycles. The average molecular weight is 401 g/mol. The third-order valence-corrected chi connectivity index (χ3v) is 5.91. The molecule has 1 heterocycles. The van der Waals surface area contributed by atoms with E-state index in [2.05, 4.69) is 14.4 Å². The lowest BCUT2D eigenvalue weighted by atomic mass is 10.2. The molecule has 3 rings (SSSR count). The van der Waals surface area contributed by atoms with Crippen molar-refractivity contribution in [2.75, 3.05) is 18.4 Å². The van der Waals surface area contributed by atoms with Gasteiger partial charge in [-0.2, -0.15) is 4.37 Å². The van der Waals surface area contributed by atoms with Crippen molar-refractivity contribution in [2.45, 2.75) is 11.3 Å². The third kappa shape index (κ3) is 3.81. The van der Waals surface area contributed by atoms with Crippen molar-refractivity contribution in [3.05, 3.63) is 53.8 Å². The predicted octanol–water partition coefficient (Wildman–Crippen LogP) is 3.49. The molecule has 2 N–H and O–H groups in total. The number of nitrogens with zero attached hydrogens (tertiary/aromatic N) is 1. The second-order valence-corrected chi connectivity index (χ2v) is 7.92. The van der Waals surface area contributed by atoms with Gasteiger partial charge in [-0.3, -0.25) is 0 Å². The van der Waals surface area contributed by atoms with Gasteiger partial charge in [0.1, 0.15) is 10.7 Å². The molecular weight excluding hydrogens is 387 g/mol. The number of nitrogens with one attached hydrogen (secondary N) is 2. The average Bonchev–Trinajstić information content (AvgIpc) is 3.02. The molecule has 5 nitrogen and oxygen atoms in total. The van der Waals surface area contributed by atoms with Gasteiger partial charge in [-0.05, 0) is 42.2 Å². The van der Waals surface area contributed by atoms with E-state index in [-0.39, 0.29) is 6.54 Å². The number of fused-ring (bicyclic) bond motifs is 1. The fraction of sp³-hybridized carbons (Fsp3) is 0.188. The van der Waals surface area contributed by atoms with Gasteiger partial charge >= 0.3 is 0 Å². The Kier molecular flexibility index (Phi) is 5.44. The summed E-state index contributed by atoms with van der Waals surface area (Å²) in [5.74, 6) is -4.28. The second-order valence-electron chi connectivity index (χ2n) is 5.38. The number of aromatic nitrogens is 1. The van der Waals surface area contributed by atoms with Crippen molar-refractivity contribution in [1.82, 2.24) is 9.10 Å². The first-order valence-electron chi connectivity index (χ1n) is 7.61. The van der Waals surface area contributed by atoms with E-state index < -0.39 is 32.4 Å². The van der Waals surface area contributed by atoms with Crippen LogP contribution in [0.1, 0.15) is 6.42 Å². The van der Waals surface area contributed by atoms with Crippen molar-refractivity contribution in [1.29, 1.82) is 0 Å². The monoisotopic (exact) mass is 401 g/mol. The van der Waals surface area contributed by atoms with Crippen LogP contribution >= 0.6 is 11.5 Å². The fourth-order valence-corrected chi connectivity index (χ4v) is 4.20. The summed E-state index contributed by atoms with van der Waals surface area (Å²) in [6.07, 6.45) is 0.385. The molecule has 10 heteroatoms. The molecule has 0 unspecified atom stereocenters. The van der Waals surface area contributed by atoms with Crippen LogP contribution in [0, 0.1) is 17.5 Å². The van der Waals surface area contributed by atoms with Crippen molar-refractivity contribution in [3.8, 4) is 0 Å². The fourth-order valence-electron chi connectivity index (χ4n) is 2.31. The Balaban J connectivity index is 1.55. The molecule has 2 aromatic carbocycles. The molecule has 0 spiro atoms. The Hall–Kier alpha value is -2.17. The maximum absolute atomic E-state index is 13.6. The molecule has 0 fully saturated rings. The van der Waals surface area contributed by atoms with Crippen LogP contribution in [-0.4, -0.2) is 25.9 Å². The lowest BCUT2D eigenvalue weighted by Gasteiger charge is -2.09. The molecule has 0 radical (unpaired) electrons. The summed E-state index contributed by atoms with van der Waals surface area (Å²) >= 11 is 1.35. The van der Waals surface area contributed by atoms with E-state index in [0.717, 1.165) is 10.1 Å². The summed E-state index contributed by atoms with van der Waals surface area (Å²) in [5, 5.41) is 4.08. The van der Waals surface area contributed by atoms with Gasteiger partial charge in [-0.15, -0.1) is 0 Å². The Labute approximate surface area is 152 Å². The van der Waals surface area contributed by atoms with E-state index in [1.807, 2.05) is 24.3 Å². The number of hydrogen-bond acceptors (Lipinski definition) is 5. The van der Waals surface area contributed by atoms with E-state index in [1.165, 1.54) is 11.5 Å². The maximum atomic E-state index is 13.6. The summed E-state index contributed by atoms with van der Waals surface area (Å²) < 4.78 is 71.2. The number of benzene rings is 2. The van der Waals surface area contributed by atoms with Gasteiger partial charge in [-0.1, -0.05) is 12.1 Å². The topological polar surface area (TPSA) is 71.1 Å². The molecule has 0 aliphatic heterocycles. The highest BCUT2D eigenvalue weighted by atomic mass is 32.2. The van der Waals surface area contributed by atoms with E-state index in [0.29, 0.717) is 30.9 Å². The van der Waals surface area contributed by atoms with Crippen LogP contribution in [0.3, 0.4) is 0 Å². The molecule has 0 aliphatic rings. The van der Waals surface area contributed by atoms with Gasteiger partial charge in [0, 0.05) is 18.5 Å². The van der Waals surface area contributed by atoms with Gasteiger partial charge < -0.3 is 5.32 Å². The number of hydrogen-bond donors (Lipinski definition) is 2. The zero-order valence-corrected chi connectivity index (χ0v) is 14.9. The van der Waals surface area contributed by atoms with Crippen molar-refractivity contribution < 1.29 is 21.6 Å². The highest BCUT2D eigenvalue weighted by Crippen LogP contribution is 2.26. The Morgan fingerprint density at radius 1 is 1.00 bits per heavy atom. The zero-order chi connectivity index (χ0) is 18.7. The third-order valence-electron chi connectivity index (χ3n) is 3.60. The van der Waals surface area contributed by atoms with Crippen LogP contribution in [-0.2, 0) is 10.0 Å². The largest absolute Gasteiger partial charge is 0.369 e. The second kappa shape index (κ2) is 7.60. The van der Waals surface area contributed by atoms with Crippen LogP contribution in [0.5, 0.6) is 0 Å². The van der Waals surface area contributed by atoms with E-state index >= 15 is 0 Å². The lowest BCUT2D eigenvalue weighted by Crippen LogP contribution is -2.27. The molecule has 3 aromatic rings. The summed E-state index contributed by atoms with van der Waals surface area (Å²) in [4.78, 5) is -0.921. The number of halogens is 3. The summed E-state index contributed by atoms with van der Waals surface area (Å²) in [6, 6.07) is 8.94. The molecular formula is C16H14F3N3O2S2. The number of rotatable bonds is 7. The predicted molar refractivity (Wildman–Crippen MR) is 94.2 cm³/mol. The van der Waals surface area contributed by atoms with Crippen LogP contribution < -0.4 is 10.0 Å². The molecule has 1 aromatic heterocycles. The van der Waals surface area contributed by atoms with Crippen molar-refractivity contribution in [3.63, 3.8) is 0 Å². The van der Waals surface area contributed by atoms with Crippen molar-refractivity contribution in [2.24, 2.45) is 0 Å². The minimum atomic E-state index is -4.27. The number of anilines is 1. The van der Waals surface area contributed by atoms with E-state index in [1.54, 1.807) is 0 Å². The molecule has 0 aliphatic carbocycles. The Morgan fingerprint density at radius 3 is 2.58 bits per heavy atom. The van der Waals surface area contributed by atoms with Crippen LogP contribution in [0.15, 0.2) is 41.3 Å². The highest BCUT2D eigenvalue weighted by molar-refractivity contribution is 7.89. The van der Waals surface area contributed by atoms with Gasteiger partial charge in [0.25, 0.3) is 0 Å². The summed E-state index contributed by atoms with van der Waals surface area (Å²) in [6.45, 7) is 0.423. The highest BCUT2D eigenvalue weighted by Gasteiger charge is 2.23. The van der Waals surface area contributed by atoms with E-state index in [9.17, 15) is 21.6 Å². The molecule has 138 valence electrons. The van der Waals surface area contributed by atoms with Gasteiger partial charge in [0.15, 0.2) is 17.5 Å². The van der Waals surface area contributed by atoms with Gasteiger partial charge in [-0.25, -0.2) is 26.3 Å². The lowest BCUT2D eigenvalue weighted by molar-refractivity contribution is 0.431. The molecule has 0 saturated carbocycles. The van der Waals surface area contributed by atoms with Gasteiger partial charge in [0.2, 0.25) is 10.0 Å². The van der Waals surface area contributed by atoms with Crippen LogP contribution in [0.2, 0.25) is 0 Å². The first-order valence-corrected chi connectivity index (χ1v) is 9.87. The van der Waals surface area contributed by atoms with E-state index in [4.69, 9.17) is 0 Å². The standard InChI is InChI=1S/C16H14F3N3O2S2/c17-11-6-7-13(15(19)14(11)18)26(23,24)21-9-3-8-20-16-10-4-1-2-5-12(10)25-22-16/h1-2,4-7,21H,3,8-9H2,(H,20,22). The maximum Gasteiger partial charge on any atom is 0.243 e. The first-order chi connectivity index (χ1) is 12.4. The molecule has 0 bridgehead atoms. The quantitative estimate of drug-likeness (QED) is 0.470. The molecule has 0 atom stereocenters. The normalized spacial score (nSPS) is 11.8. The first kappa shape index (κ1) is 18.6. The smallest absolute Gasteiger partial charge is 0.243 e. The van der Waals surface area contributed by atoms with Crippen LogP contribution in [0.25, 0.3) is 10.1 Å². The SMILES string of the molecule is O=S(=O)(NCCCNc1nsc2ccccc12)c1ccc(F)c(F)c1F. The summed E-state index contributed by atoms with van der Waals surface area (Å²) in [5.41, 5.74) is 0. The summed E-state index contributed by atoms with van der Waals surface area (Å²) in [7, 11) is -4.27. The van der Waals surface area contributed by atoms with Crippen molar-refractivity contribution >= 4 is 37.5 Å². The number of sulfonamides is 1. The van der Waals surface area contributed by atoms with Crippen LogP contribution in [0.4, 0.5) is 19.0 Å². The minimum Gasteiger partial charge on any atom is -0.369 e. The molecule has 0 amide bonds. The Morgan fingerprint density at radius 2 is 1.77 bits per heavy atom. The Bertz CT molecular complexity index is 1040. The van der Waals surface area contributed by atoms with Gasteiger partial charge in [0.05, 0.1) is 4.70 Å². The minimum absolute atomic E-state index is 0.00413.